The Hall–Kier alpha value is -2.47. The van der Waals surface area contributed by atoms with Gasteiger partial charge in [0, 0.05) is 38.9 Å². The van der Waals surface area contributed by atoms with Crippen LogP contribution in [0.3, 0.4) is 0 Å². The fourth-order valence-electron chi connectivity index (χ4n) is 3.93. The molecule has 2 aliphatic heterocycles. The Kier molecular flexibility index (Phi) is 4.84. The summed E-state index contributed by atoms with van der Waals surface area (Å²) < 4.78 is 14.1. The zero-order valence-corrected chi connectivity index (χ0v) is 14.7. The summed E-state index contributed by atoms with van der Waals surface area (Å²) in [6.07, 6.45) is 3.54. The number of carbonyl (C=O) groups excluding carboxylic acids is 1. The van der Waals surface area contributed by atoms with E-state index in [4.69, 9.17) is 0 Å². The van der Waals surface area contributed by atoms with Gasteiger partial charge in [-0.05, 0) is 37.1 Å². The number of anilines is 2. The van der Waals surface area contributed by atoms with Gasteiger partial charge in [0.15, 0.2) is 0 Å². The maximum Gasteiger partial charge on any atom is 0.244 e. The first kappa shape index (κ1) is 17.0. The van der Waals surface area contributed by atoms with Crippen molar-refractivity contribution in [1.82, 2.24) is 9.88 Å². The number of benzene rings is 1. The van der Waals surface area contributed by atoms with E-state index in [0.29, 0.717) is 12.2 Å². The molecule has 1 atom stereocenters. The van der Waals surface area contributed by atoms with Crippen LogP contribution in [0, 0.1) is 5.82 Å². The standard InChI is InChI=1S/C20H23FN4O/c21-16-6-1-2-7-17(16)25-13-9-18(20(25)26)23-11-5-12-24(15-14-23)19-8-3-4-10-22-19/h1-4,6-8,10,18H,5,9,11-15H2. The Balaban J connectivity index is 1.44. The summed E-state index contributed by atoms with van der Waals surface area (Å²) in [6, 6.07) is 12.3. The van der Waals surface area contributed by atoms with Crippen molar-refractivity contribution >= 4 is 17.4 Å². The molecule has 0 bridgehead atoms. The van der Waals surface area contributed by atoms with Gasteiger partial charge < -0.3 is 9.80 Å². The van der Waals surface area contributed by atoms with Crippen LogP contribution in [0.4, 0.5) is 15.9 Å². The van der Waals surface area contributed by atoms with Crippen LogP contribution in [-0.2, 0) is 4.79 Å². The van der Waals surface area contributed by atoms with Gasteiger partial charge in [0.05, 0.1) is 11.7 Å². The van der Waals surface area contributed by atoms with Gasteiger partial charge in [0.1, 0.15) is 11.6 Å². The van der Waals surface area contributed by atoms with Crippen LogP contribution in [0.15, 0.2) is 48.7 Å². The van der Waals surface area contributed by atoms with E-state index in [2.05, 4.69) is 14.8 Å². The summed E-state index contributed by atoms with van der Waals surface area (Å²) in [5, 5.41) is 0. The third-order valence-corrected chi connectivity index (χ3v) is 5.27. The second-order valence-corrected chi connectivity index (χ2v) is 6.81. The summed E-state index contributed by atoms with van der Waals surface area (Å²) in [7, 11) is 0. The van der Waals surface area contributed by atoms with E-state index in [0.717, 1.165) is 44.8 Å². The van der Waals surface area contributed by atoms with Crippen LogP contribution in [0.2, 0.25) is 0 Å². The molecule has 136 valence electrons. The van der Waals surface area contributed by atoms with Gasteiger partial charge in [-0.15, -0.1) is 0 Å². The molecule has 2 fully saturated rings. The third kappa shape index (κ3) is 3.29. The van der Waals surface area contributed by atoms with Crippen molar-refractivity contribution in [3.8, 4) is 0 Å². The van der Waals surface area contributed by atoms with Gasteiger partial charge in [-0.25, -0.2) is 9.37 Å². The number of amides is 1. The first-order valence-electron chi connectivity index (χ1n) is 9.20. The molecule has 6 heteroatoms. The minimum absolute atomic E-state index is 0.0152. The van der Waals surface area contributed by atoms with Crippen molar-refractivity contribution in [2.45, 2.75) is 18.9 Å². The highest BCUT2D eigenvalue weighted by Crippen LogP contribution is 2.27. The first-order valence-corrected chi connectivity index (χ1v) is 9.20. The molecule has 1 aromatic carbocycles. The molecule has 26 heavy (non-hydrogen) atoms. The summed E-state index contributed by atoms with van der Waals surface area (Å²) in [5.41, 5.74) is 0.393. The van der Waals surface area contributed by atoms with Gasteiger partial charge in [-0.3, -0.25) is 9.69 Å². The summed E-state index contributed by atoms with van der Waals surface area (Å²) in [5.74, 6) is 0.667. The van der Waals surface area contributed by atoms with Crippen LogP contribution in [0.1, 0.15) is 12.8 Å². The molecule has 2 aromatic rings. The number of nitrogens with zero attached hydrogens (tertiary/aromatic N) is 4. The molecular weight excluding hydrogens is 331 g/mol. The SMILES string of the molecule is O=C1C(N2CCCN(c3ccccn3)CC2)CCN1c1ccccc1F. The second-order valence-electron chi connectivity index (χ2n) is 6.81. The van der Waals surface area contributed by atoms with E-state index in [1.54, 1.807) is 23.1 Å². The summed E-state index contributed by atoms with van der Waals surface area (Å²) in [6.45, 7) is 4.06. The number of carbonyl (C=O) groups is 1. The zero-order valence-electron chi connectivity index (χ0n) is 14.7. The molecule has 5 nitrogen and oxygen atoms in total. The van der Waals surface area contributed by atoms with Crippen molar-refractivity contribution in [2.75, 3.05) is 42.5 Å². The predicted octanol–water partition coefficient (Wildman–Crippen LogP) is 2.54. The van der Waals surface area contributed by atoms with E-state index >= 15 is 0 Å². The van der Waals surface area contributed by atoms with Crippen LogP contribution >= 0.6 is 0 Å². The first-order chi connectivity index (χ1) is 12.7. The highest BCUT2D eigenvalue weighted by Gasteiger charge is 2.38. The van der Waals surface area contributed by atoms with Crippen molar-refractivity contribution in [1.29, 1.82) is 0 Å². The average molecular weight is 354 g/mol. The fraction of sp³-hybridized carbons (Fsp3) is 0.400. The predicted molar refractivity (Wildman–Crippen MR) is 99.8 cm³/mol. The number of para-hydroxylation sites is 1. The molecule has 1 unspecified atom stereocenters. The quantitative estimate of drug-likeness (QED) is 0.849. The van der Waals surface area contributed by atoms with Crippen molar-refractivity contribution in [3.05, 3.63) is 54.5 Å². The molecule has 0 N–H and O–H groups in total. The van der Waals surface area contributed by atoms with Gasteiger partial charge in [0.2, 0.25) is 5.91 Å². The molecule has 0 saturated carbocycles. The molecule has 0 radical (unpaired) electrons. The lowest BCUT2D eigenvalue weighted by Crippen LogP contribution is -2.44. The van der Waals surface area contributed by atoms with Gasteiger partial charge in [-0.2, -0.15) is 0 Å². The van der Waals surface area contributed by atoms with E-state index in [9.17, 15) is 9.18 Å². The second kappa shape index (κ2) is 7.41. The molecule has 2 saturated heterocycles. The van der Waals surface area contributed by atoms with Crippen molar-refractivity contribution < 1.29 is 9.18 Å². The smallest absolute Gasteiger partial charge is 0.244 e. The van der Waals surface area contributed by atoms with E-state index in [1.165, 1.54) is 6.07 Å². The van der Waals surface area contributed by atoms with Crippen LogP contribution in [0.25, 0.3) is 0 Å². The fourth-order valence-corrected chi connectivity index (χ4v) is 3.93. The normalized spacial score (nSPS) is 21.9. The minimum atomic E-state index is -0.335. The van der Waals surface area contributed by atoms with Crippen LogP contribution < -0.4 is 9.80 Å². The molecule has 3 heterocycles. The summed E-state index contributed by atoms with van der Waals surface area (Å²) in [4.78, 5) is 23.5. The summed E-state index contributed by atoms with van der Waals surface area (Å²) >= 11 is 0. The topological polar surface area (TPSA) is 39.7 Å². The highest BCUT2D eigenvalue weighted by molar-refractivity contribution is 5.99. The maximum atomic E-state index is 14.1. The Morgan fingerprint density at radius 2 is 1.81 bits per heavy atom. The number of aromatic nitrogens is 1. The number of halogens is 1. The molecule has 4 rings (SSSR count). The van der Waals surface area contributed by atoms with Gasteiger partial charge in [-0.1, -0.05) is 18.2 Å². The van der Waals surface area contributed by atoms with Gasteiger partial charge >= 0.3 is 0 Å². The van der Waals surface area contributed by atoms with Crippen LogP contribution in [0.5, 0.6) is 0 Å². The number of hydrogen-bond acceptors (Lipinski definition) is 4. The highest BCUT2D eigenvalue weighted by atomic mass is 19.1. The van der Waals surface area contributed by atoms with Gasteiger partial charge in [0.25, 0.3) is 0 Å². The molecule has 0 spiro atoms. The Morgan fingerprint density at radius 3 is 2.62 bits per heavy atom. The Morgan fingerprint density at radius 1 is 0.962 bits per heavy atom. The lowest BCUT2D eigenvalue weighted by atomic mass is 10.2. The van der Waals surface area contributed by atoms with Crippen molar-refractivity contribution in [2.24, 2.45) is 0 Å². The monoisotopic (exact) mass is 354 g/mol. The molecule has 1 amide bonds. The zero-order chi connectivity index (χ0) is 17.9. The number of hydrogen-bond donors (Lipinski definition) is 0. The minimum Gasteiger partial charge on any atom is -0.355 e. The third-order valence-electron chi connectivity index (χ3n) is 5.27. The molecule has 2 aliphatic rings. The van der Waals surface area contributed by atoms with E-state index in [-0.39, 0.29) is 17.8 Å². The lowest BCUT2D eigenvalue weighted by molar-refractivity contribution is -0.121. The number of rotatable bonds is 3. The molecule has 0 aliphatic carbocycles. The molecule has 1 aromatic heterocycles. The average Bonchev–Trinajstić information content (AvgIpc) is 2.90. The molecular formula is C20H23FN4O. The number of pyridine rings is 1. The van der Waals surface area contributed by atoms with Crippen LogP contribution in [-0.4, -0.2) is 54.6 Å². The van der Waals surface area contributed by atoms with E-state index in [1.807, 2.05) is 24.4 Å². The lowest BCUT2D eigenvalue weighted by Gasteiger charge is -2.27. The Labute approximate surface area is 153 Å². The maximum absolute atomic E-state index is 14.1. The Bertz CT molecular complexity index is 769. The largest absolute Gasteiger partial charge is 0.355 e. The van der Waals surface area contributed by atoms with Crippen molar-refractivity contribution in [3.63, 3.8) is 0 Å². The van der Waals surface area contributed by atoms with E-state index < -0.39 is 0 Å².